The maximum absolute atomic E-state index is 12.2. The lowest BCUT2D eigenvalue weighted by molar-refractivity contribution is -0.116. The van der Waals surface area contributed by atoms with Gasteiger partial charge in [-0.1, -0.05) is 23.7 Å². The molecule has 0 aliphatic heterocycles. The molecule has 0 aliphatic carbocycles. The number of pyridine rings is 1. The molecule has 0 saturated heterocycles. The van der Waals surface area contributed by atoms with E-state index in [2.05, 4.69) is 15.6 Å². The van der Waals surface area contributed by atoms with Crippen LogP contribution in [0, 0.1) is 0 Å². The lowest BCUT2D eigenvalue weighted by Crippen LogP contribution is -2.26. The minimum absolute atomic E-state index is 0.114. The van der Waals surface area contributed by atoms with E-state index >= 15 is 0 Å². The molecule has 0 saturated carbocycles. The fourth-order valence-electron chi connectivity index (χ4n) is 3.42. The van der Waals surface area contributed by atoms with Crippen molar-refractivity contribution in [2.75, 3.05) is 18.9 Å². The number of furan rings is 1. The predicted octanol–water partition coefficient (Wildman–Crippen LogP) is 3.78. The van der Waals surface area contributed by atoms with Crippen molar-refractivity contribution in [1.82, 2.24) is 15.6 Å². The van der Waals surface area contributed by atoms with Crippen LogP contribution in [0.5, 0.6) is 0 Å². The van der Waals surface area contributed by atoms with Crippen LogP contribution in [0.4, 0.5) is 5.82 Å². The number of carbonyl (C=O) groups is 2. The number of anilines is 1. The fraction of sp³-hybridized carbons (Fsp3) is 0.115. The normalized spacial score (nSPS) is 11.1. The summed E-state index contributed by atoms with van der Waals surface area (Å²) < 4.78 is 5.84. The zero-order valence-electron chi connectivity index (χ0n) is 18.6. The first-order chi connectivity index (χ1) is 16.9. The van der Waals surface area contributed by atoms with E-state index in [9.17, 15) is 9.59 Å². The molecule has 0 fully saturated rings. The van der Waals surface area contributed by atoms with Crippen LogP contribution in [0.2, 0.25) is 5.02 Å². The second-order valence-electron chi connectivity index (χ2n) is 7.71. The molecule has 178 valence electrons. The van der Waals surface area contributed by atoms with Gasteiger partial charge in [-0.3, -0.25) is 9.59 Å². The van der Waals surface area contributed by atoms with Crippen LogP contribution >= 0.6 is 11.6 Å². The molecule has 35 heavy (non-hydrogen) atoms. The number of hydrogen-bond acceptors (Lipinski definition) is 6. The first kappa shape index (κ1) is 24.0. The van der Waals surface area contributed by atoms with Gasteiger partial charge in [0.05, 0.1) is 18.2 Å². The molecule has 0 bridgehead atoms. The molecule has 0 spiro atoms. The molecule has 2 heterocycles. The summed E-state index contributed by atoms with van der Waals surface area (Å²) in [4.78, 5) is 28.2. The number of carbonyl (C=O) groups excluding carboxylic acids is 2. The van der Waals surface area contributed by atoms with E-state index in [0.717, 1.165) is 22.1 Å². The number of nitrogens with one attached hydrogen (secondary N) is 2. The molecule has 2 aromatic carbocycles. The highest BCUT2D eigenvalue weighted by Crippen LogP contribution is 2.33. The van der Waals surface area contributed by atoms with Crippen LogP contribution < -0.4 is 16.4 Å². The maximum atomic E-state index is 12.2. The summed E-state index contributed by atoms with van der Waals surface area (Å²) in [6.45, 7) is 0.282. The van der Waals surface area contributed by atoms with Crippen molar-refractivity contribution < 1.29 is 19.1 Å². The summed E-state index contributed by atoms with van der Waals surface area (Å²) in [5, 5.41) is 15.5. The Morgan fingerprint density at radius 1 is 1.06 bits per heavy atom. The number of aliphatic hydroxyl groups excluding tert-OH is 1. The number of fused-ring (bicyclic) bond motifs is 1. The summed E-state index contributed by atoms with van der Waals surface area (Å²) >= 11 is 6.46. The second kappa shape index (κ2) is 10.9. The van der Waals surface area contributed by atoms with E-state index in [1.807, 2.05) is 24.3 Å². The lowest BCUT2D eigenvalue weighted by Gasteiger charge is -2.06. The van der Waals surface area contributed by atoms with Gasteiger partial charge in [0.2, 0.25) is 5.91 Å². The molecule has 9 heteroatoms. The SMILES string of the molecule is Nc1ccc(/C=C/C(=O)NCc2cc3cc(-c4ccc(C(=O)NCCO)cc4)cc(Cl)c3o2)cn1. The molecule has 0 radical (unpaired) electrons. The average molecular weight is 491 g/mol. The Bertz CT molecular complexity index is 1380. The molecule has 2 aromatic heterocycles. The van der Waals surface area contributed by atoms with Crippen molar-refractivity contribution >= 4 is 46.3 Å². The number of nitrogens with two attached hydrogens (primary N) is 1. The number of nitrogen functional groups attached to an aromatic ring is 1. The summed E-state index contributed by atoms with van der Waals surface area (Å²) in [6.07, 6.45) is 4.64. The summed E-state index contributed by atoms with van der Waals surface area (Å²) in [5.41, 5.74) is 9.09. The third-order valence-electron chi connectivity index (χ3n) is 5.17. The highest BCUT2D eigenvalue weighted by molar-refractivity contribution is 6.35. The molecule has 0 atom stereocenters. The van der Waals surface area contributed by atoms with Gasteiger partial charge in [-0.2, -0.15) is 0 Å². The first-order valence-electron chi connectivity index (χ1n) is 10.8. The Balaban J connectivity index is 1.44. The van der Waals surface area contributed by atoms with Crippen molar-refractivity contribution in [3.05, 3.63) is 88.8 Å². The van der Waals surface area contributed by atoms with Crippen LogP contribution in [0.3, 0.4) is 0 Å². The van der Waals surface area contributed by atoms with Gasteiger partial charge < -0.3 is 25.9 Å². The van der Waals surface area contributed by atoms with Crippen LogP contribution in [0.15, 0.2) is 71.3 Å². The fourth-order valence-corrected chi connectivity index (χ4v) is 3.69. The van der Waals surface area contributed by atoms with Gasteiger partial charge in [0.1, 0.15) is 11.6 Å². The van der Waals surface area contributed by atoms with Gasteiger partial charge in [-0.05, 0) is 65.2 Å². The number of nitrogens with zero attached hydrogens (tertiary/aromatic N) is 1. The van der Waals surface area contributed by atoms with E-state index in [4.69, 9.17) is 26.9 Å². The van der Waals surface area contributed by atoms with Crippen LogP contribution in [-0.2, 0) is 11.3 Å². The van der Waals surface area contributed by atoms with Crippen molar-refractivity contribution in [1.29, 1.82) is 0 Å². The number of hydrogen-bond donors (Lipinski definition) is 4. The number of amides is 2. The third-order valence-corrected chi connectivity index (χ3v) is 5.45. The van der Waals surface area contributed by atoms with Gasteiger partial charge in [0.15, 0.2) is 5.58 Å². The number of halogens is 1. The molecule has 0 aliphatic rings. The molecular weight excluding hydrogens is 468 g/mol. The summed E-state index contributed by atoms with van der Waals surface area (Å²) in [7, 11) is 0. The third kappa shape index (κ3) is 6.06. The molecule has 2 amide bonds. The first-order valence-corrected chi connectivity index (χ1v) is 11.2. The quantitative estimate of drug-likeness (QED) is 0.278. The Hall–Kier alpha value is -4.14. The predicted molar refractivity (Wildman–Crippen MR) is 136 cm³/mol. The number of rotatable bonds is 8. The lowest BCUT2D eigenvalue weighted by atomic mass is 10.0. The summed E-state index contributed by atoms with van der Waals surface area (Å²) in [6, 6.07) is 16.1. The van der Waals surface area contributed by atoms with E-state index < -0.39 is 0 Å². The van der Waals surface area contributed by atoms with Gasteiger partial charge in [-0.15, -0.1) is 0 Å². The molecule has 0 unspecified atom stereocenters. The topological polar surface area (TPSA) is 130 Å². The largest absolute Gasteiger partial charge is 0.458 e. The molecule has 8 nitrogen and oxygen atoms in total. The van der Waals surface area contributed by atoms with E-state index in [-0.39, 0.29) is 31.5 Å². The zero-order valence-corrected chi connectivity index (χ0v) is 19.4. The molecule has 5 N–H and O–H groups in total. The van der Waals surface area contributed by atoms with Crippen LogP contribution in [0.1, 0.15) is 21.7 Å². The standard InChI is InChI=1S/C26H23ClN4O4/c27-22-13-19(17-3-5-18(6-4-17)26(34)29-9-10-32)11-20-12-21(35-25(20)22)15-31-24(33)8-2-16-1-7-23(28)30-14-16/h1-8,11-14,32H,9-10,15H2,(H2,28,30)(H,29,34)(H,31,33)/b8-2+. The number of benzene rings is 2. The minimum atomic E-state index is -0.280. The minimum Gasteiger partial charge on any atom is -0.458 e. The van der Waals surface area contributed by atoms with Crippen LogP contribution in [0.25, 0.3) is 28.2 Å². The number of aliphatic hydroxyl groups is 1. The van der Waals surface area contributed by atoms with Crippen molar-refractivity contribution in [3.63, 3.8) is 0 Å². The number of aromatic nitrogens is 1. The Kier molecular flexibility index (Phi) is 7.45. The monoisotopic (exact) mass is 490 g/mol. The van der Waals surface area contributed by atoms with E-state index in [1.54, 1.807) is 42.6 Å². The summed E-state index contributed by atoms with van der Waals surface area (Å²) in [5.74, 6) is 0.445. The van der Waals surface area contributed by atoms with Gasteiger partial charge in [0, 0.05) is 29.8 Å². The smallest absolute Gasteiger partial charge is 0.251 e. The van der Waals surface area contributed by atoms with Crippen molar-refractivity contribution in [2.45, 2.75) is 6.54 Å². The zero-order chi connectivity index (χ0) is 24.8. The Labute approximate surface area is 206 Å². The average Bonchev–Trinajstić information content (AvgIpc) is 3.29. The molecule has 4 rings (SSSR count). The van der Waals surface area contributed by atoms with Gasteiger partial charge in [0.25, 0.3) is 5.91 Å². The second-order valence-corrected chi connectivity index (χ2v) is 8.12. The highest BCUT2D eigenvalue weighted by atomic mass is 35.5. The molecule has 4 aromatic rings. The van der Waals surface area contributed by atoms with Crippen LogP contribution in [-0.4, -0.2) is 35.1 Å². The maximum Gasteiger partial charge on any atom is 0.251 e. The van der Waals surface area contributed by atoms with Crippen molar-refractivity contribution in [3.8, 4) is 11.1 Å². The van der Waals surface area contributed by atoms with Gasteiger partial charge in [-0.25, -0.2) is 4.98 Å². The Morgan fingerprint density at radius 3 is 2.57 bits per heavy atom. The van der Waals surface area contributed by atoms with Gasteiger partial charge >= 0.3 is 0 Å². The van der Waals surface area contributed by atoms with Crippen molar-refractivity contribution in [2.24, 2.45) is 0 Å². The van der Waals surface area contributed by atoms with E-state index in [1.165, 1.54) is 6.08 Å². The molecular formula is C26H23ClN4O4. The highest BCUT2D eigenvalue weighted by Gasteiger charge is 2.12. The van der Waals surface area contributed by atoms with E-state index in [0.29, 0.717) is 27.7 Å². The Morgan fingerprint density at radius 2 is 1.86 bits per heavy atom.